The molecule has 0 aliphatic carbocycles. The van der Waals surface area contributed by atoms with Gasteiger partial charge in [0, 0.05) is 61.2 Å². The van der Waals surface area contributed by atoms with Crippen LogP contribution >= 0.6 is 0 Å². The zero-order valence-electron chi connectivity index (χ0n) is 56.6. The quantitative estimate of drug-likeness (QED) is 0.00859. The maximum Gasteiger partial charge on any atom is 0.407 e. The second-order valence-corrected chi connectivity index (χ2v) is 24.1. The number of alkyl carbamates (subject to hydrolysis) is 3. The van der Waals surface area contributed by atoms with Gasteiger partial charge in [-0.1, -0.05) is 128 Å². The summed E-state index contributed by atoms with van der Waals surface area (Å²) in [5.41, 5.74) is 3.26. The lowest BCUT2D eigenvalue weighted by Gasteiger charge is -2.27. The lowest BCUT2D eigenvalue weighted by molar-refractivity contribution is -0.143. The number of carbonyl (C=O) groups is 8. The Morgan fingerprint density at radius 2 is 0.546 bits per heavy atom. The van der Waals surface area contributed by atoms with E-state index in [-0.39, 0.29) is 50.8 Å². The van der Waals surface area contributed by atoms with Gasteiger partial charge in [0.15, 0.2) is 18.3 Å². The van der Waals surface area contributed by atoms with E-state index >= 15 is 0 Å². The first-order valence-electron chi connectivity index (χ1n) is 32.6. The Bertz CT molecular complexity index is 2920. The van der Waals surface area contributed by atoms with E-state index in [0.29, 0.717) is 101 Å². The molecule has 0 saturated carbocycles. The van der Waals surface area contributed by atoms with Crippen molar-refractivity contribution in [1.29, 1.82) is 0 Å². The minimum atomic E-state index is -1.07. The number of esters is 2. The van der Waals surface area contributed by atoms with E-state index in [9.17, 15) is 38.4 Å². The van der Waals surface area contributed by atoms with Crippen LogP contribution in [0.5, 0.6) is 23.0 Å². The monoisotopic (exact) mass is 1350 g/mol. The molecule has 0 bridgehead atoms. The summed E-state index contributed by atoms with van der Waals surface area (Å²) in [4.78, 5) is 95.0. The van der Waals surface area contributed by atoms with Crippen LogP contribution in [0.15, 0.2) is 121 Å². The van der Waals surface area contributed by atoms with Gasteiger partial charge in [-0.15, -0.1) is 0 Å². The van der Waals surface area contributed by atoms with E-state index in [1.54, 1.807) is 24.3 Å². The highest BCUT2D eigenvalue weighted by atomic mass is 16.6. The number of nitrogens with one attached hydrogen (secondary N) is 6. The average molecular weight is 1360 g/mol. The SMILES string of the molecule is C=C(C)C(=O)OCC(COc1ccc(C(C)(C)c2ccc(OCC(COc3ccc(C(C)(C)c4ccc(OCC(COC(=O)C(=C)C)OC(=O)NCCCCCCNC(=O)O)cc4)cc3)OC(=O)NCCCCCCNC(=O)O)cc2)cc1)OC(=O)NCCCCCCNC(=O)O. The summed E-state index contributed by atoms with van der Waals surface area (Å²) in [6.07, 6.45) is 0.679. The van der Waals surface area contributed by atoms with E-state index < -0.39 is 77.6 Å². The molecule has 0 fully saturated rings. The van der Waals surface area contributed by atoms with Gasteiger partial charge in [-0.05, 0) is 123 Å². The lowest BCUT2D eigenvalue weighted by atomic mass is 9.78. The van der Waals surface area contributed by atoms with E-state index in [1.165, 1.54) is 13.8 Å². The first-order valence-corrected chi connectivity index (χ1v) is 32.6. The summed E-state index contributed by atoms with van der Waals surface area (Å²) < 4.78 is 52.1. The molecule has 6 amide bonds. The molecule has 26 heteroatoms. The van der Waals surface area contributed by atoms with Crippen molar-refractivity contribution in [3.8, 4) is 23.0 Å². The van der Waals surface area contributed by atoms with Crippen LogP contribution in [0.1, 0.15) is 141 Å². The largest absolute Gasteiger partial charge is 0.490 e. The Balaban J connectivity index is 1.36. The Morgan fingerprint density at radius 3 is 0.753 bits per heavy atom. The van der Waals surface area contributed by atoms with Gasteiger partial charge in [0.1, 0.15) is 62.6 Å². The minimum Gasteiger partial charge on any atom is -0.490 e. The number of benzene rings is 4. The highest BCUT2D eigenvalue weighted by Gasteiger charge is 2.27. The number of amides is 6. The molecule has 97 heavy (non-hydrogen) atoms. The predicted octanol–water partition coefficient (Wildman–Crippen LogP) is 11.6. The maximum absolute atomic E-state index is 13.2. The zero-order valence-corrected chi connectivity index (χ0v) is 56.6. The molecule has 0 spiro atoms. The fraction of sp³-hybridized carbons (Fsp3) is 0.493. The van der Waals surface area contributed by atoms with Crippen molar-refractivity contribution >= 4 is 48.5 Å². The van der Waals surface area contributed by atoms with Gasteiger partial charge >= 0.3 is 48.5 Å². The smallest absolute Gasteiger partial charge is 0.407 e. The van der Waals surface area contributed by atoms with Gasteiger partial charge in [-0.25, -0.2) is 38.4 Å². The van der Waals surface area contributed by atoms with Crippen LogP contribution < -0.4 is 50.8 Å². The molecule has 26 nitrogen and oxygen atoms in total. The minimum absolute atomic E-state index is 0.0477. The van der Waals surface area contributed by atoms with Gasteiger partial charge in [-0.2, -0.15) is 0 Å². The summed E-state index contributed by atoms with van der Waals surface area (Å²) in [5.74, 6) is 0.746. The van der Waals surface area contributed by atoms with Crippen molar-refractivity contribution in [2.24, 2.45) is 0 Å². The summed E-state index contributed by atoms with van der Waals surface area (Å²) in [6.45, 7) is 19.8. The van der Waals surface area contributed by atoms with Crippen molar-refractivity contribution in [2.45, 2.75) is 148 Å². The Hall–Kier alpha value is -9.88. The number of unbranched alkanes of at least 4 members (excludes halogenated alkanes) is 9. The van der Waals surface area contributed by atoms with Crippen molar-refractivity contribution in [3.63, 3.8) is 0 Å². The Morgan fingerprint density at radius 1 is 0.340 bits per heavy atom. The van der Waals surface area contributed by atoms with Crippen LogP contribution in [0.4, 0.5) is 28.8 Å². The summed E-state index contributed by atoms with van der Waals surface area (Å²) in [5, 5.41) is 41.4. The number of hydrogen-bond acceptors (Lipinski definition) is 17. The molecule has 0 aliphatic heterocycles. The summed E-state index contributed by atoms with van der Waals surface area (Å²) in [6, 6.07) is 30.0. The van der Waals surface area contributed by atoms with Gasteiger partial charge in [0.25, 0.3) is 0 Å². The first-order chi connectivity index (χ1) is 46.3. The van der Waals surface area contributed by atoms with Crippen LogP contribution in [0.3, 0.4) is 0 Å². The normalized spacial score (nSPS) is 12.0. The lowest BCUT2D eigenvalue weighted by Crippen LogP contribution is -2.36. The van der Waals surface area contributed by atoms with Crippen LogP contribution in [-0.4, -0.2) is 161 Å². The van der Waals surface area contributed by atoms with Crippen molar-refractivity contribution in [1.82, 2.24) is 31.9 Å². The number of carboxylic acid groups (broad SMARTS) is 3. The highest BCUT2D eigenvalue weighted by Crippen LogP contribution is 2.35. The Kier molecular flexibility index (Phi) is 35.5. The van der Waals surface area contributed by atoms with Crippen LogP contribution in [0.25, 0.3) is 0 Å². The van der Waals surface area contributed by atoms with Crippen molar-refractivity contribution in [2.75, 3.05) is 78.9 Å². The molecule has 2 unspecified atom stereocenters. The van der Waals surface area contributed by atoms with E-state index in [2.05, 4.69) is 72.8 Å². The predicted molar refractivity (Wildman–Crippen MR) is 362 cm³/mol. The van der Waals surface area contributed by atoms with E-state index in [1.807, 2.05) is 72.8 Å². The molecule has 0 saturated heterocycles. The Labute approximate surface area is 567 Å². The molecule has 9 N–H and O–H groups in total. The molecule has 0 heterocycles. The van der Waals surface area contributed by atoms with Gasteiger partial charge in [-0.3, -0.25) is 0 Å². The fourth-order valence-corrected chi connectivity index (χ4v) is 9.44. The van der Waals surface area contributed by atoms with E-state index in [0.717, 1.165) is 60.8 Å². The molecule has 532 valence electrons. The van der Waals surface area contributed by atoms with Crippen LogP contribution in [0, 0.1) is 0 Å². The van der Waals surface area contributed by atoms with E-state index in [4.69, 9.17) is 58.0 Å². The number of ether oxygens (including phenoxy) is 9. The fourth-order valence-electron chi connectivity index (χ4n) is 9.44. The van der Waals surface area contributed by atoms with Crippen LogP contribution in [0.2, 0.25) is 0 Å². The van der Waals surface area contributed by atoms with Crippen molar-refractivity contribution < 1.29 is 96.3 Å². The first kappa shape index (κ1) is 79.6. The van der Waals surface area contributed by atoms with Gasteiger partial charge in [0.05, 0.1) is 0 Å². The second kappa shape index (κ2) is 43.2. The number of carbonyl (C=O) groups excluding carboxylic acids is 5. The molecular formula is C71H98N6O20. The third-order valence-corrected chi connectivity index (χ3v) is 15.3. The third kappa shape index (κ3) is 32.4. The topological polar surface area (TPSA) is 352 Å². The number of hydrogen-bond donors (Lipinski definition) is 9. The molecule has 4 rings (SSSR count). The summed E-state index contributed by atoms with van der Waals surface area (Å²) >= 11 is 0. The standard InChI is InChI=1S/C71H98N6O20/c1-49(2)62(78)93-47-60(96-68(87)76-41-19-13-10-16-38-73-65(82)83)45-91-57-33-25-53(26-34-57)70(5,6)51-21-29-55(30-22-51)89-43-59(95-67(86)75-40-18-12-9-15-37-72-64(80)81)44-90-56-31-23-52(24-32-56)71(7,8)54-27-35-58(36-28-54)92-46-61(48-94-63(79)50(3)4)97-69(88)77-42-20-14-11-17-39-74-66(84)85/h21-36,59-61,72-74H,1,3,9-20,37-48H2,2,4-8H3,(H,75,86)(H,76,87)(H,77,88)(H,80,81)(H,82,83)(H,84,85). The number of rotatable bonds is 46. The highest BCUT2D eigenvalue weighted by molar-refractivity contribution is 5.87. The molecule has 2 atom stereocenters. The molecule has 0 radical (unpaired) electrons. The van der Waals surface area contributed by atoms with Gasteiger partial charge in [0.2, 0.25) is 0 Å². The molecule has 0 aliphatic rings. The molecular weight excluding hydrogens is 1260 g/mol. The average Bonchev–Trinajstić information content (AvgIpc) is 0.818. The zero-order chi connectivity index (χ0) is 71.0. The molecule has 4 aromatic carbocycles. The van der Waals surface area contributed by atoms with Crippen molar-refractivity contribution in [3.05, 3.63) is 144 Å². The maximum atomic E-state index is 13.2. The third-order valence-electron chi connectivity index (χ3n) is 15.3. The second-order valence-electron chi connectivity index (χ2n) is 24.1. The molecule has 0 aromatic heterocycles. The van der Waals surface area contributed by atoms with Crippen LogP contribution in [-0.2, 0) is 44.1 Å². The van der Waals surface area contributed by atoms with Gasteiger partial charge < -0.3 is 89.9 Å². The summed E-state index contributed by atoms with van der Waals surface area (Å²) in [7, 11) is 0. The molecule has 4 aromatic rings.